The summed E-state index contributed by atoms with van der Waals surface area (Å²) in [5.41, 5.74) is 22.2. The second-order valence-corrected chi connectivity index (χ2v) is 14.4. The van der Waals surface area contributed by atoms with Crippen LogP contribution < -0.4 is 4.90 Å². The molecule has 0 bridgehead atoms. The number of fused-ring (bicyclic) bond motifs is 5. The molecule has 0 fully saturated rings. The number of hydrogen-bond acceptors (Lipinski definition) is 1. The molecule has 0 aliphatic carbocycles. The first-order valence-corrected chi connectivity index (χ1v) is 18.7. The molecule has 8 rings (SSSR count). The Bertz CT molecular complexity index is 2210. The standard InChI is InChI=1S/C52H45N/c1-6-53-51-29-19-39(31-47(41-21-11-35(2)12-22-41)42-23-13-36(3)14-24-42)33-49(51)45-9-7-8-10-46(45)50-34-40(20-30-52(50)53)32-48(43-25-15-37(4)16-26-43)44-27-17-38(5)18-28-44/h7-34H,6H2,1-5H3. The minimum atomic E-state index is 0.855. The van der Waals surface area contributed by atoms with Gasteiger partial charge in [0, 0.05) is 29.0 Å². The summed E-state index contributed by atoms with van der Waals surface area (Å²) in [6.45, 7) is 11.7. The van der Waals surface area contributed by atoms with E-state index in [-0.39, 0.29) is 0 Å². The van der Waals surface area contributed by atoms with Crippen LogP contribution in [-0.4, -0.2) is 6.54 Å². The highest BCUT2D eigenvalue weighted by Crippen LogP contribution is 2.48. The Morgan fingerprint density at radius 3 is 1.02 bits per heavy atom. The van der Waals surface area contributed by atoms with Crippen LogP contribution in [-0.2, 0) is 0 Å². The molecule has 0 saturated carbocycles. The largest absolute Gasteiger partial charge is 0.341 e. The number of rotatable bonds is 7. The maximum Gasteiger partial charge on any atom is 0.0491 e. The van der Waals surface area contributed by atoms with Gasteiger partial charge in [-0.25, -0.2) is 0 Å². The van der Waals surface area contributed by atoms with Gasteiger partial charge in [0.15, 0.2) is 0 Å². The molecule has 1 heterocycles. The van der Waals surface area contributed by atoms with E-state index in [0.717, 1.165) is 6.54 Å². The predicted octanol–water partition coefficient (Wildman–Crippen LogP) is 13.9. The van der Waals surface area contributed by atoms with Gasteiger partial charge in [-0.05, 0) is 127 Å². The lowest BCUT2D eigenvalue weighted by atomic mass is 9.90. The van der Waals surface area contributed by atoms with Gasteiger partial charge in [-0.1, -0.05) is 156 Å². The zero-order valence-electron chi connectivity index (χ0n) is 31.3. The van der Waals surface area contributed by atoms with Crippen LogP contribution in [0.1, 0.15) is 62.6 Å². The monoisotopic (exact) mass is 683 g/mol. The van der Waals surface area contributed by atoms with Crippen LogP contribution in [0.25, 0.3) is 45.6 Å². The number of anilines is 2. The van der Waals surface area contributed by atoms with Crippen LogP contribution in [0.15, 0.2) is 158 Å². The van der Waals surface area contributed by atoms with Crippen LogP contribution in [0.3, 0.4) is 0 Å². The van der Waals surface area contributed by atoms with E-state index in [2.05, 4.69) is 209 Å². The molecule has 1 nitrogen and oxygen atoms in total. The van der Waals surface area contributed by atoms with Crippen LogP contribution >= 0.6 is 0 Å². The second kappa shape index (κ2) is 14.4. The summed E-state index contributed by atoms with van der Waals surface area (Å²) in [4.78, 5) is 2.48. The van der Waals surface area contributed by atoms with E-state index in [4.69, 9.17) is 0 Å². The van der Waals surface area contributed by atoms with Crippen molar-refractivity contribution in [2.45, 2.75) is 34.6 Å². The fourth-order valence-corrected chi connectivity index (χ4v) is 7.54. The summed E-state index contributed by atoms with van der Waals surface area (Å²) in [6, 6.07) is 58.5. The molecular weight excluding hydrogens is 639 g/mol. The van der Waals surface area contributed by atoms with E-state index in [9.17, 15) is 0 Å². The highest BCUT2D eigenvalue weighted by atomic mass is 15.1. The van der Waals surface area contributed by atoms with E-state index in [1.54, 1.807) is 0 Å². The molecule has 0 atom stereocenters. The third-order valence-corrected chi connectivity index (χ3v) is 10.5. The first kappa shape index (κ1) is 33.9. The Labute approximate surface area is 315 Å². The third kappa shape index (κ3) is 6.91. The van der Waals surface area contributed by atoms with Crippen LogP contribution in [0.2, 0.25) is 0 Å². The molecule has 1 aliphatic rings. The Hall–Kier alpha value is -6.18. The molecule has 0 saturated heterocycles. The fourth-order valence-electron chi connectivity index (χ4n) is 7.54. The number of aryl methyl sites for hydroxylation is 4. The van der Waals surface area contributed by atoms with Gasteiger partial charge in [0.05, 0.1) is 0 Å². The second-order valence-electron chi connectivity index (χ2n) is 14.4. The van der Waals surface area contributed by atoms with Crippen LogP contribution in [0, 0.1) is 27.7 Å². The zero-order valence-corrected chi connectivity index (χ0v) is 31.3. The normalized spacial score (nSPS) is 11.5. The highest BCUT2D eigenvalue weighted by Gasteiger charge is 2.24. The topological polar surface area (TPSA) is 3.24 Å². The first-order chi connectivity index (χ1) is 25.8. The molecular formula is C52H45N. The summed E-state index contributed by atoms with van der Waals surface area (Å²) in [5, 5.41) is 0. The maximum absolute atomic E-state index is 2.48. The van der Waals surface area contributed by atoms with Gasteiger partial charge < -0.3 is 4.90 Å². The van der Waals surface area contributed by atoms with Crippen molar-refractivity contribution in [2.24, 2.45) is 0 Å². The molecule has 53 heavy (non-hydrogen) atoms. The number of nitrogens with zero attached hydrogens (tertiary/aromatic N) is 1. The molecule has 7 aromatic carbocycles. The van der Waals surface area contributed by atoms with Gasteiger partial charge in [-0.15, -0.1) is 0 Å². The molecule has 0 aromatic heterocycles. The average molecular weight is 684 g/mol. The Morgan fingerprint density at radius 2 is 0.717 bits per heavy atom. The molecule has 7 aromatic rings. The lowest BCUT2D eigenvalue weighted by molar-refractivity contribution is 1.03. The summed E-state index contributed by atoms with van der Waals surface area (Å²) >= 11 is 0. The maximum atomic E-state index is 2.48. The Kier molecular flexibility index (Phi) is 9.25. The molecule has 0 N–H and O–H groups in total. The molecule has 258 valence electrons. The summed E-state index contributed by atoms with van der Waals surface area (Å²) in [7, 11) is 0. The molecule has 0 radical (unpaired) electrons. The SMILES string of the molecule is CCN1c2ccc(C=C(c3ccc(C)cc3)c3ccc(C)cc3)cc2-c2ccccc2-c2cc(C=C(c3ccc(C)cc3)c3ccc(C)cc3)ccc21. The van der Waals surface area contributed by atoms with Gasteiger partial charge in [0.25, 0.3) is 0 Å². The van der Waals surface area contributed by atoms with Gasteiger partial charge in [0.1, 0.15) is 0 Å². The summed E-state index contributed by atoms with van der Waals surface area (Å²) in [5.74, 6) is 0. The lowest BCUT2D eigenvalue weighted by Crippen LogP contribution is -2.16. The van der Waals surface area contributed by atoms with Crippen molar-refractivity contribution in [3.8, 4) is 22.3 Å². The summed E-state index contributed by atoms with van der Waals surface area (Å²) in [6.07, 6.45) is 4.71. The summed E-state index contributed by atoms with van der Waals surface area (Å²) < 4.78 is 0. The van der Waals surface area contributed by atoms with Crippen LogP contribution in [0.5, 0.6) is 0 Å². The molecule has 1 heteroatoms. The molecule has 0 spiro atoms. The lowest BCUT2D eigenvalue weighted by Gasteiger charge is -2.26. The van der Waals surface area contributed by atoms with E-state index in [1.165, 1.54) is 100 Å². The molecule has 1 aliphatic heterocycles. The van der Waals surface area contributed by atoms with Crippen molar-refractivity contribution in [2.75, 3.05) is 11.4 Å². The first-order valence-electron chi connectivity index (χ1n) is 18.7. The van der Waals surface area contributed by atoms with Crippen molar-refractivity contribution in [3.05, 3.63) is 213 Å². The van der Waals surface area contributed by atoms with Crippen molar-refractivity contribution in [1.82, 2.24) is 0 Å². The van der Waals surface area contributed by atoms with Gasteiger partial charge in [-0.2, -0.15) is 0 Å². The minimum Gasteiger partial charge on any atom is -0.341 e. The van der Waals surface area contributed by atoms with Crippen molar-refractivity contribution < 1.29 is 0 Å². The fraction of sp³-hybridized carbons (Fsp3) is 0.115. The van der Waals surface area contributed by atoms with E-state index < -0.39 is 0 Å². The van der Waals surface area contributed by atoms with Crippen molar-refractivity contribution >= 4 is 34.7 Å². The van der Waals surface area contributed by atoms with Gasteiger partial charge >= 0.3 is 0 Å². The number of benzene rings is 7. The van der Waals surface area contributed by atoms with Gasteiger partial charge in [0.2, 0.25) is 0 Å². The smallest absolute Gasteiger partial charge is 0.0491 e. The average Bonchev–Trinajstić information content (AvgIpc) is 3.30. The molecule has 0 amide bonds. The quantitative estimate of drug-likeness (QED) is 0.151. The number of hydrogen-bond donors (Lipinski definition) is 0. The zero-order chi connectivity index (χ0) is 36.5. The van der Waals surface area contributed by atoms with Crippen LogP contribution in [0.4, 0.5) is 11.4 Å². The predicted molar refractivity (Wildman–Crippen MR) is 229 cm³/mol. The van der Waals surface area contributed by atoms with E-state index in [1.807, 2.05) is 0 Å². The van der Waals surface area contributed by atoms with Crippen molar-refractivity contribution in [3.63, 3.8) is 0 Å². The molecule has 0 unspecified atom stereocenters. The van der Waals surface area contributed by atoms with Crippen molar-refractivity contribution in [1.29, 1.82) is 0 Å². The van der Waals surface area contributed by atoms with E-state index in [0.29, 0.717) is 0 Å². The third-order valence-electron chi connectivity index (χ3n) is 10.5. The Balaban J connectivity index is 1.27. The van der Waals surface area contributed by atoms with E-state index >= 15 is 0 Å². The highest BCUT2D eigenvalue weighted by molar-refractivity contribution is 6.02. The Morgan fingerprint density at radius 1 is 0.396 bits per heavy atom. The van der Waals surface area contributed by atoms with Gasteiger partial charge in [-0.3, -0.25) is 0 Å². The minimum absolute atomic E-state index is 0.855.